The summed E-state index contributed by atoms with van der Waals surface area (Å²) in [4.78, 5) is 4.40. The molecule has 0 bridgehead atoms. The van der Waals surface area contributed by atoms with E-state index in [1.54, 1.807) is 0 Å². The van der Waals surface area contributed by atoms with E-state index in [0.29, 0.717) is 24.9 Å². The molecule has 0 atom stereocenters. The quantitative estimate of drug-likeness (QED) is 0.772. The Kier molecular flexibility index (Phi) is 2.23. The van der Waals surface area contributed by atoms with Crippen LogP contribution < -0.4 is 5.73 Å². The molecule has 0 fully saturated rings. The van der Waals surface area contributed by atoms with Crippen LogP contribution in [0.3, 0.4) is 0 Å². The third-order valence-electron chi connectivity index (χ3n) is 2.95. The van der Waals surface area contributed by atoms with Gasteiger partial charge in [-0.2, -0.15) is 0 Å². The highest BCUT2D eigenvalue weighted by atomic mass is 35.5. The molecule has 2 N–H and O–H groups in total. The first kappa shape index (κ1) is 9.87. The van der Waals surface area contributed by atoms with Gasteiger partial charge in [-0.3, -0.25) is 0 Å². The van der Waals surface area contributed by atoms with Crippen LogP contribution in [0.2, 0.25) is 0 Å². The minimum atomic E-state index is 0.491. The van der Waals surface area contributed by atoms with Gasteiger partial charge in [0.15, 0.2) is 0 Å². The zero-order chi connectivity index (χ0) is 11.1. The van der Waals surface area contributed by atoms with E-state index in [-0.39, 0.29) is 0 Å². The lowest BCUT2D eigenvalue weighted by atomic mass is 10.0. The Morgan fingerprint density at radius 1 is 1.31 bits per heavy atom. The fraction of sp³-hybridized carbons (Fsp3) is 0.250. The number of fused-ring (bicyclic) bond motifs is 3. The van der Waals surface area contributed by atoms with Crippen LogP contribution in [0.1, 0.15) is 16.7 Å². The Balaban J connectivity index is 2.33. The number of pyridine rings is 1. The number of rotatable bonds is 1. The van der Waals surface area contributed by atoms with E-state index < -0.39 is 0 Å². The van der Waals surface area contributed by atoms with Gasteiger partial charge in [0.05, 0.1) is 18.7 Å². The highest BCUT2D eigenvalue weighted by Gasteiger charge is 2.18. The molecule has 0 radical (unpaired) electrons. The van der Waals surface area contributed by atoms with E-state index in [4.69, 9.17) is 22.1 Å². The third-order valence-corrected chi connectivity index (χ3v) is 3.26. The van der Waals surface area contributed by atoms with Crippen molar-refractivity contribution >= 4 is 28.3 Å². The van der Waals surface area contributed by atoms with E-state index in [1.807, 2.05) is 18.2 Å². The summed E-state index contributed by atoms with van der Waals surface area (Å²) in [5, 5.41) is 1.12. The molecule has 16 heavy (non-hydrogen) atoms. The van der Waals surface area contributed by atoms with Crippen molar-refractivity contribution in [2.75, 3.05) is 5.73 Å². The Hall–Kier alpha value is -1.32. The number of nitrogens with two attached hydrogens (primary N) is 1. The summed E-state index contributed by atoms with van der Waals surface area (Å²) < 4.78 is 5.41. The van der Waals surface area contributed by atoms with Gasteiger partial charge in [-0.1, -0.05) is 12.1 Å². The topological polar surface area (TPSA) is 48.1 Å². The fourth-order valence-corrected chi connectivity index (χ4v) is 2.27. The molecule has 3 nitrogen and oxygen atoms in total. The monoisotopic (exact) mass is 234 g/mol. The Morgan fingerprint density at radius 2 is 2.12 bits per heavy atom. The molecule has 1 aliphatic rings. The van der Waals surface area contributed by atoms with E-state index in [9.17, 15) is 0 Å². The Labute approximate surface area is 98.2 Å². The largest absolute Gasteiger partial charge is 0.383 e. The minimum Gasteiger partial charge on any atom is -0.383 e. The summed E-state index contributed by atoms with van der Waals surface area (Å²) in [5.41, 5.74) is 10.1. The number of hydrogen-bond donors (Lipinski definition) is 1. The summed E-state index contributed by atoms with van der Waals surface area (Å²) in [5.74, 6) is 1.07. The number of nitrogens with zero attached hydrogens (tertiary/aromatic N) is 1. The molecule has 0 spiro atoms. The van der Waals surface area contributed by atoms with Crippen LogP contribution in [0.4, 0.5) is 5.82 Å². The average molecular weight is 235 g/mol. The van der Waals surface area contributed by atoms with Gasteiger partial charge in [-0.15, -0.1) is 11.6 Å². The van der Waals surface area contributed by atoms with Crippen molar-refractivity contribution in [2.45, 2.75) is 19.1 Å². The van der Waals surface area contributed by atoms with Gasteiger partial charge >= 0.3 is 0 Å². The Morgan fingerprint density at radius 3 is 2.94 bits per heavy atom. The van der Waals surface area contributed by atoms with Gasteiger partial charge in [-0.05, 0) is 17.2 Å². The van der Waals surface area contributed by atoms with Crippen LogP contribution >= 0.6 is 11.6 Å². The Bertz CT molecular complexity index is 568. The summed E-state index contributed by atoms with van der Waals surface area (Å²) in [6, 6.07) is 6.05. The van der Waals surface area contributed by atoms with E-state index in [1.165, 1.54) is 5.56 Å². The molecule has 0 aliphatic carbocycles. The molecule has 0 saturated carbocycles. The van der Waals surface area contributed by atoms with Gasteiger partial charge < -0.3 is 10.5 Å². The van der Waals surface area contributed by atoms with E-state index >= 15 is 0 Å². The zero-order valence-electron chi connectivity index (χ0n) is 8.66. The minimum absolute atomic E-state index is 0.491. The van der Waals surface area contributed by atoms with Gasteiger partial charge in [0.1, 0.15) is 5.82 Å². The molecule has 0 saturated heterocycles. The fourth-order valence-electron chi connectivity index (χ4n) is 2.10. The standard InChI is InChI=1S/C12H11ClN2O/c13-4-7-1-2-8-9-5-16-6-10(9)12(14)15-11(8)3-7/h1-3H,4-6H2,(H2,14,15). The number of ether oxygens (including phenoxy) is 1. The molecule has 1 aromatic carbocycles. The van der Waals surface area contributed by atoms with Crippen LogP contribution in [0.5, 0.6) is 0 Å². The van der Waals surface area contributed by atoms with Crippen molar-refractivity contribution in [3.05, 3.63) is 34.9 Å². The first-order valence-electron chi connectivity index (χ1n) is 5.13. The first-order chi connectivity index (χ1) is 7.79. The van der Waals surface area contributed by atoms with Crippen molar-refractivity contribution < 1.29 is 4.74 Å². The van der Waals surface area contributed by atoms with Crippen molar-refractivity contribution in [3.63, 3.8) is 0 Å². The summed E-state index contributed by atoms with van der Waals surface area (Å²) in [6.07, 6.45) is 0. The highest BCUT2D eigenvalue weighted by Crippen LogP contribution is 2.31. The van der Waals surface area contributed by atoms with Crippen LogP contribution in [0, 0.1) is 0 Å². The molecular formula is C12H11ClN2O. The molecule has 2 aromatic rings. The number of halogens is 1. The van der Waals surface area contributed by atoms with Crippen molar-refractivity contribution in [1.82, 2.24) is 4.98 Å². The van der Waals surface area contributed by atoms with Crippen LogP contribution in [-0.2, 0) is 23.8 Å². The molecule has 1 aromatic heterocycles. The lowest BCUT2D eigenvalue weighted by Gasteiger charge is -2.07. The number of alkyl halides is 1. The van der Waals surface area contributed by atoms with Crippen molar-refractivity contribution in [2.24, 2.45) is 0 Å². The molecular weight excluding hydrogens is 224 g/mol. The number of aromatic nitrogens is 1. The third kappa shape index (κ3) is 1.36. The number of nitrogen functional groups attached to an aromatic ring is 1. The van der Waals surface area contributed by atoms with Crippen molar-refractivity contribution in [1.29, 1.82) is 0 Å². The lowest BCUT2D eigenvalue weighted by molar-refractivity contribution is 0.135. The lowest BCUT2D eigenvalue weighted by Crippen LogP contribution is -1.99. The second-order valence-electron chi connectivity index (χ2n) is 3.93. The summed E-state index contributed by atoms with van der Waals surface area (Å²) in [6.45, 7) is 1.19. The molecule has 1 aliphatic heterocycles. The number of benzene rings is 1. The zero-order valence-corrected chi connectivity index (χ0v) is 9.42. The van der Waals surface area contributed by atoms with E-state index in [2.05, 4.69) is 4.98 Å². The second-order valence-corrected chi connectivity index (χ2v) is 4.20. The van der Waals surface area contributed by atoms with Crippen LogP contribution in [-0.4, -0.2) is 4.98 Å². The number of hydrogen-bond acceptors (Lipinski definition) is 3. The molecule has 0 unspecified atom stereocenters. The second kappa shape index (κ2) is 3.61. The van der Waals surface area contributed by atoms with Gasteiger partial charge in [0.25, 0.3) is 0 Å². The predicted molar refractivity (Wildman–Crippen MR) is 64.2 cm³/mol. The maximum Gasteiger partial charge on any atom is 0.130 e. The maximum absolute atomic E-state index is 5.91. The van der Waals surface area contributed by atoms with Gasteiger partial charge in [0, 0.05) is 16.8 Å². The molecule has 2 heterocycles. The molecule has 82 valence electrons. The number of anilines is 1. The summed E-state index contributed by atoms with van der Waals surface area (Å²) in [7, 11) is 0. The normalized spacial score (nSPS) is 14.3. The first-order valence-corrected chi connectivity index (χ1v) is 5.66. The van der Waals surface area contributed by atoms with Gasteiger partial charge in [0.2, 0.25) is 0 Å². The molecule has 3 rings (SSSR count). The van der Waals surface area contributed by atoms with Crippen molar-refractivity contribution in [3.8, 4) is 0 Å². The maximum atomic E-state index is 5.91. The van der Waals surface area contributed by atoms with Crippen LogP contribution in [0.15, 0.2) is 18.2 Å². The van der Waals surface area contributed by atoms with Gasteiger partial charge in [-0.25, -0.2) is 4.98 Å². The predicted octanol–water partition coefficient (Wildman–Crippen LogP) is 2.59. The van der Waals surface area contributed by atoms with Crippen LogP contribution in [0.25, 0.3) is 10.9 Å². The SMILES string of the molecule is Nc1nc2cc(CCl)ccc2c2c1COC2. The highest BCUT2D eigenvalue weighted by molar-refractivity contribution is 6.17. The smallest absolute Gasteiger partial charge is 0.130 e. The van der Waals surface area contributed by atoms with E-state index in [0.717, 1.165) is 22.0 Å². The molecule has 0 amide bonds. The summed E-state index contributed by atoms with van der Waals surface area (Å²) >= 11 is 5.80. The average Bonchev–Trinajstić information content (AvgIpc) is 2.78. The molecule has 4 heteroatoms.